The molecule has 0 aliphatic carbocycles. The second-order valence-electron chi connectivity index (χ2n) is 4.59. The summed E-state index contributed by atoms with van der Waals surface area (Å²) in [6, 6.07) is 0.197. The normalized spacial score (nSPS) is 11.6. The highest BCUT2D eigenvalue weighted by molar-refractivity contribution is 5.77. The van der Waals surface area contributed by atoms with Crippen molar-refractivity contribution in [1.29, 1.82) is 0 Å². The van der Waals surface area contributed by atoms with Crippen LogP contribution < -0.4 is 5.73 Å². The first-order chi connectivity index (χ1) is 6.28. The number of nitrogens with zero attached hydrogens (tertiary/aromatic N) is 1. The smallest absolute Gasteiger partial charge is 0.224 e. The van der Waals surface area contributed by atoms with Gasteiger partial charge in [0, 0.05) is 24.5 Å². The summed E-state index contributed by atoms with van der Waals surface area (Å²) in [4.78, 5) is 13.6. The van der Waals surface area contributed by atoms with Crippen LogP contribution in [-0.2, 0) is 4.79 Å². The Balaban J connectivity index is 4.37. The largest absolute Gasteiger partial charge is 0.337 e. The summed E-state index contributed by atoms with van der Waals surface area (Å²) in [5.41, 5.74) is 5.36. The lowest BCUT2D eigenvalue weighted by Gasteiger charge is -2.28. The maximum atomic E-state index is 11.8. The highest BCUT2D eigenvalue weighted by Gasteiger charge is 2.22. The molecule has 0 aliphatic heterocycles. The van der Waals surface area contributed by atoms with E-state index in [1.54, 1.807) is 11.0 Å². The van der Waals surface area contributed by atoms with Crippen LogP contribution in [0.5, 0.6) is 0 Å². The molecular weight excluding hydrogens is 176 g/mol. The van der Waals surface area contributed by atoms with Crippen molar-refractivity contribution in [3.8, 4) is 0 Å². The van der Waals surface area contributed by atoms with E-state index in [4.69, 9.17) is 5.73 Å². The van der Waals surface area contributed by atoms with Gasteiger partial charge in [-0.1, -0.05) is 6.08 Å². The van der Waals surface area contributed by atoms with E-state index >= 15 is 0 Å². The quantitative estimate of drug-likeness (QED) is 0.681. The first-order valence-corrected chi connectivity index (χ1v) is 4.97. The van der Waals surface area contributed by atoms with Crippen LogP contribution in [0.1, 0.15) is 34.1 Å². The number of hydrogen-bond acceptors (Lipinski definition) is 2. The molecule has 2 N–H and O–H groups in total. The predicted octanol–water partition coefficient (Wildman–Crippen LogP) is 1.54. The number of nitrogens with two attached hydrogens (primary N) is 1. The molecule has 0 spiro atoms. The minimum absolute atomic E-state index is 0.0902. The van der Waals surface area contributed by atoms with Gasteiger partial charge in [0.1, 0.15) is 0 Å². The molecule has 0 bridgehead atoms. The van der Waals surface area contributed by atoms with Crippen molar-refractivity contribution in [2.45, 2.75) is 45.7 Å². The Morgan fingerprint density at radius 2 is 2.07 bits per heavy atom. The van der Waals surface area contributed by atoms with E-state index in [0.29, 0.717) is 13.0 Å². The van der Waals surface area contributed by atoms with E-state index < -0.39 is 5.54 Å². The lowest BCUT2D eigenvalue weighted by molar-refractivity contribution is -0.133. The number of rotatable bonds is 5. The standard InChI is InChI=1S/C11H22N2O/c1-6-7-13(9(2)3)10(14)8-11(4,5)12/h6,9H,1,7-8,12H2,2-5H3. The van der Waals surface area contributed by atoms with Gasteiger partial charge in [-0.15, -0.1) is 6.58 Å². The first kappa shape index (κ1) is 13.2. The van der Waals surface area contributed by atoms with Crippen LogP contribution in [0.15, 0.2) is 12.7 Å². The molecule has 3 heteroatoms. The Bertz CT molecular complexity index is 204. The van der Waals surface area contributed by atoms with Crippen molar-refractivity contribution in [3.05, 3.63) is 12.7 Å². The molecule has 0 radical (unpaired) electrons. The summed E-state index contributed by atoms with van der Waals surface area (Å²) in [6.07, 6.45) is 2.11. The number of amides is 1. The molecule has 0 heterocycles. The van der Waals surface area contributed by atoms with Crippen LogP contribution in [0.2, 0.25) is 0 Å². The van der Waals surface area contributed by atoms with Gasteiger partial charge in [-0.3, -0.25) is 4.79 Å². The monoisotopic (exact) mass is 198 g/mol. The summed E-state index contributed by atoms with van der Waals surface area (Å²) in [5.74, 6) is 0.0902. The Labute approximate surface area is 87.0 Å². The topological polar surface area (TPSA) is 46.3 Å². The second-order valence-corrected chi connectivity index (χ2v) is 4.59. The molecule has 0 rings (SSSR count). The van der Waals surface area contributed by atoms with E-state index in [2.05, 4.69) is 6.58 Å². The van der Waals surface area contributed by atoms with E-state index in [0.717, 1.165) is 0 Å². The number of hydrogen-bond donors (Lipinski definition) is 1. The van der Waals surface area contributed by atoms with E-state index in [9.17, 15) is 4.79 Å². The Kier molecular flexibility index (Phi) is 4.85. The third-order valence-corrected chi connectivity index (χ3v) is 1.88. The van der Waals surface area contributed by atoms with Crippen LogP contribution in [0.3, 0.4) is 0 Å². The molecule has 0 fully saturated rings. The fourth-order valence-corrected chi connectivity index (χ4v) is 1.23. The number of carbonyl (C=O) groups excluding carboxylic acids is 1. The summed E-state index contributed by atoms with van der Waals surface area (Å²) in [5, 5.41) is 0. The van der Waals surface area contributed by atoms with E-state index in [1.807, 2.05) is 27.7 Å². The lowest BCUT2D eigenvalue weighted by atomic mass is 10.0. The Hall–Kier alpha value is -0.830. The van der Waals surface area contributed by atoms with Gasteiger partial charge in [0.05, 0.1) is 0 Å². The van der Waals surface area contributed by atoms with Crippen molar-refractivity contribution < 1.29 is 4.79 Å². The van der Waals surface area contributed by atoms with Gasteiger partial charge in [-0.25, -0.2) is 0 Å². The summed E-state index contributed by atoms with van der Waals surface area (Å²) >= 11 is 0. The van der Waals surface area contributed by atoms with Crippen molar-refractivity contribution in [2.75, 3.05) is 6.54 Å². The lowest BCUT2D eigenvalue weighted by Crippen LogP contribution is -2.43. The molecule has 0 aliphatic rings. The van der Waals surface area contributed by atoms with Crippen LogP contribution in [0, 0.1) is 0 Å². The van der Waals surface area contributed by atoms with Crippen molar-refractivity contribution in [3.63, 3.8) is 0 Å². The van der Waals surface area contributed by atoms with Gasteiger partial charge in [0.2, 0.25) is 5.91 Å². The predicted molar refractivity (Wildman–Crippen MR) is 59.9 cm³/mol. The highest BCUT2D eigenvalue weighted by atomic mass is 16.2. The third-order valence-electron chi connectivity index (χ3n) is 1.88. The average molecular weight is 198 g/mol. The summed E-state index contributed by atoms with van der Waals surface area (Å²) < 4.78 is 0. The Morgan fingerprint density at radius 3 is 2.36 bits per heavy atom. The van der Waals surface area contributed by atoms with Crippen LogP contribution >= 0.6 is 0 Å². The molecule has 0 unspecified atom stereocenters. The fraction of sp³-hybridized carbons (Fsp3) is 0.727. The van der Waals surface area contributed by atoms with Gasteiger partial charge in [0.25, 0.3) is 0 Å². The number of carbonyl (C=O) groups is 1. The minimum Gasteiger partial charge on any atom is -0.337 e. The van der Waals surface area contributed by atoms with Crippen LogP contribution in [0.4, 0.5) is 0 Å². The minimum atomic E-state index is -0.439. The zero-order chi connectivity index (χ0) is 11.4. The SMILES string of the molecule is C=CCN(C(=O)CC(C)(C)N)C(C)C. The van der Waals surface area contributed by atoms with Crippen molar-refractivity contribution >= 4 is 5.91 Å². The molecule has 0 saturated carbocycles. The van der Waals surface area contributed by atoms with Gasteiger partial charge in [0.15, 0.2) is 0 Å². The molecule has 14 heavy (non-hydrogen) atoms. The summed E-state index contributed by atoms with van der Waals surface area (Å²) in [6.45, 7) is 11.9. The molecule has 0 aromatic carbocycles. The van der Waals surface area contributed by atoms with Crippen molar-refractivity contribution in [1.82, 2.24) is 4.90 Å². The van der Waals surface area contributed by atoms with Gasteiger partial charge in [-0.05, 0) is 27.7 Å². The van der Waals surface area contributed by atoms with Gasteiger partial charge in [-0.2, -0.15) is 0 Å². The maximum absolute atomic E-state index is 11.8. The fourth-order valence-electron chi connectivity index (χ4n) is 1.23. The zero-order valence-electron chi connectivity index (χ0n) is 9.71. The van der Waals surface area contributed by atoms with Gasteiger partial charge >= 0.3 is 0 Å². The Morgan fingerprint density at radius 1 is 1.57 bits per heavy atom. The van der Waals surface area contributed by atoms with E-state index in [1.165, 1.54) is 0 Å². The third kappa shape index (κ3) is 5.02. The molecule has 0 aromatic rings. The summed E-state index contributed by atoms with van der Waals surface area (Å²) in [7, 11) is 0. The maximum Gasteiger partial charge on any atom is 0.224 e. The van der Waals surface area contributed by atoms with Crippen molar-refractivity contribution in [2.24, 2.45) is 5.73 Å². The molecule has 3 nitrogen and oxygen atoms in total. The first-order valence-electron chi connectivity index (χ1n) is 4.97. The molecule has 0 atom stereocenters. The molecule has 0 aromatic heterocycles. The van der Waals surface area contributed by atoms with Crippen LogP contribution in [0.25, 0.3) is 0 Å². The van der Waals surface area contributed by atoms with Gasteiger partial charge < -0.3 is 10.6 Å². The molecule has 1 amide bonds. The molecule has 0 saturated heterocycles. The zero-order valence-corrected chi connectivity index (χ0v) is 9.71. The van der Waals surface area contributed by atoms with Crippen LogP contribution in [-0.4, -0.2) is 28.9 Å². The highest BCUT2D eigenvalue weighted by Crippen LogP contribution is 2.09. The van der Waals surface area contributed by atoms with E-state index in [-0.39, 0.29) is 11.9 Å². The molecule has 82 valence electrons. The average Bonchev–Trinajstić information content (AvgIpc) is 1.95. The molecular formula is C11H22N2O. The second kappa shape index (κ2) is 5.15.